The van der Waals surface area contributed by atoms with E-state index < -0.39 is 0 Å². The van der Waals surface area contributed by atoms with Crippen molar-refractivity contribution in [3.05, 3.63) is 34.3 Å². The van der Waals surface area contributed by atoms with Crippen LogP contribution in [0, 0.1) is 11.8 Å². The van der Waals surface area contributed by atoms with Crippen molar-refractivity contribution in [1.29, 1.82) is 0 Å². The van der Waals surface area contributed by atoms with E-state index in [1.165, 1.54) is 16.5 Å². The molecule has 2 unspecified atom stereocenters. The molecule has 84 valence electrons. The minimum absolute atomic E-state index is 0.579. The van der Waals surface area contributed by atoms with Crippen LogP contribution in [0.2, 0.25) is 0 Å². The van der Waals surface area contributed by atoms with Crippen LogP contribution >= 0.6 is 27.5 Å². The van der Waals surface area contributed by atoms with Crippen molar-refractivity contribution in [2.24, 2.45) is 11.8 Å². The van der Waals surface area contributed by atoms with Gasteiger partial charge in [-0.15, -0.1) is 11.6 Å². The lowest BCUT2D eigenvalue weighted by atomic mass is 9.88. The first-order chi connectivity index (χ1) is 7.19. The maximum Gasteiger partial charge on any atom is 0.0257 e. The second kappa shape index (κ2) is 6.55. The Morgan fingerprint density at radius 2 is 2.00 bits per heavy atom. The lowest BCUT2D eigenvalue weighted by Gasteiger charge is -2.21. The first kappa shape index (κ1) is 13.1. The smallest absolute Gasteiger partial charge is 0.0257 e. The Labute approximate surface area is 106 Å². The fourth-order valence-electron chi connectivity index (χ4n) is 1.69. The zero-order chi connectivity index (χ0) is 11.3. The summed E-state index contributed by atoms with van der Waals surface area (Å²) in [6, 6.07) is 8.40. The predicted molar refractivity (Wildman–Crippen MR) is 71.5 cm³/mol. The SMILES string of the molecule is CCC(C)C(CCl)Cc1ccccc1Br. The Morgan fingerprint density at radius 3 is 2.53 bits per heavy atom. The second-order valence-corrected chi connectivity index (χ2v) is 5.26. The van der Waals surface area contributed by atoms with Gasteiger partial charge in [0.2, 0.25) is 0 Å². The van der Waals surface area contributed by atoms with Crippen molar-refractivity contribution < 1.29 is 0 Å². The molecule has 0 bridgehead atoms. The molecule has 0 heterocycles. The van der Waals surface area contributed by atoms with E-state index in [0.29, 0.717) is 11.8 Å². The van der Waals surface area contributed by atoms with Crippen molar-refractivity contribution in [3.8, 4) is 0 Å². The molecule has 2 heteroatoms. The topological polar surface area (TPSA) is 0 Å². The van der Waals surface area contributed by atoms with E-state index in [1.807, 2.05) is 6.07 Å². The molecule has 0 aromatic heterocycles. The summed E-state index contributed by atoms with van der Waals surface area (Å²) in [6.45, 7) is 4.51. The van der Waals surface area contributed by atoms with Gasteiger partial charge in [-0.3, -0.25) is 0 Å². The average Bonchev–Trinajstić information content (AvgIpc) is 2.27. The summed E-state index contributed by atoms with van der Waals surface area (Å²) < 4.78 is 1.20. The molecular weight excluding hydrogens is 272 g/mol. The highest BCUT2D eigenvalue weighted by Crippen LogP contribution is 2.25. The highest BCUT2D eigenvalue weighted by molar-refractivity contribution is 9.10. The van der Waals surface area contributed by atoms with Crippen molar-refractivity contribution >= 4 is 27.5 Å². The average molecular weight is 290 g/mol. The number of hydrogen-bond acceptors (Lipinski definition) is 0. The molecule has 0 N–H and O–H groups in total. The van der Waals surface area contributed by atoms with Gasteiger partial charge in [0.1, 0.15) is 0 Å². The molecule has 0 spiro atoms. The molecular formula is C13H18BrCl. The van der Waals surface area contributed by atoms with Crippen LogP contribution in [0.4, 0.5) is 0 Å². The van der Waals surface area contributed by atoms with E-state index in [0.717, 1.165) is 12.3 Å². The molecule has 0 saturated carbocycles. The molecule has 0 amide bonds. The third kappa shape index (κ3) is 3.81. The van der Waals surface area contributed by atoms with Gasteiger partial charge in [0.15, 0.2) is 0 Å². The van der Waals surface area contributed by atoms with E-state index >= 15 is 0 Å². The molecule has 1 rings (SSSR count). The van der Waals surface area contributed by atoms with Crippen molar-refractivity contribution in [3.63, 3.8) is 0 Å². The Balaban J connectivity index is 2.71. The lowest BCUT2D eigenvalue weighted by Crippen LogP contribution is -2.15. The number of hydrogen-bond donors (Lipinski definition) is 0. The minimum atomic E-state index is 0.579. The van der Waals surface area contributed by atoms with Crippen molar-refractivity contribution in [2.45, 2.75) is 26.7 Å². The second-order valence-electron chi connectivity index (χ2n) is 4.10. The zero-order valence-electron chi connectivity index (χ0n) is 9.34. The van der Waals surface area contributed by atoms with Gasteiger partial charge in [0.25, 0.3) is 0 Å². The minimum Gasteiger partial charge on any atom is -0.126 e. The van der Waals surface area contributed by atoms with Crippen LogP contribution in [0.5, 0.6) is 0 Å². The van der Waals surface area contributed by atoms with Crippen molar-refractivity contribution in [2.75, 3.05) is 5.88 Å². The van der Waals surface area contributed by atoms with Crippen molar-refractivity contribution in [1.82, 2.24) is 0 Å². The number of rotatable bonds is 5. The van der Waals surface area contributed by atoms with Crippen LogP contribution in [-0.4, -0.2) is 5.88 Å². The van der Waals surface area contributed by atoms with Gasteiger partial charge in [-0.2, -0.15) is 0 Å². The third-order valence-corrected chi connectivity index (χ3v) is 4.26. The van der Waals surface area contributed by atoms with Crippen LogP contribution in [0.25, 0.3) is 0 Å². The largest absolute Gasteiger partial charge is 0.126 e. The van der Waals surface area contributed by atoms with Crippen LogP contribution < -0.4 is 0 Å². The summed E-state index contributed by atoms with van der Waals surface area (Å²) in [5.41, 5.74) is 1.36. The van der Waals surface area contributed by atoms with E-state index in [1.54, 1.807) is 0 Å². The number of halogens is 2. The molecule has 2 atom stereocenters. The number of alkyl halides is 1. The molecule has 0 aliphatic heterocycles. The molecule has 1 aromatic rings. The summed E-state index contributed by atoms with van der Waals surface area (Å²) in [5.74, 6) is 2.01. The molecule has 1 aromatic carbocycles. The summed E-state index contributed by atoms with van der Waals surface area (Å²) in [5, 5.41) is 0. The maximum absolute atomic E-state index is 6.03. The molecule has 0 radical (unpaired) electrons. The highest BCUT2D eigenvalue weighted by Gasteiger charge is 2.16. The Hall–Kier alpha value is -0.0100. The maximum atomic E-state index is 6.03. The summed E-state index contributed by atoms with van der Waals surface area (Å²) in [4.78, 5) is 0. The standard InChI is InChI=1S/C13H18BrCl/c1-3-10(2)12(9-15)8-11-6-4-5-7-13(11)14/h4-7,10,12H,3,8-9H2,1-2H3. The van der Waals surface area contributed by atoms with Gasteiger partial charge >= 0.3 is 0 Å². The first-order valence-corrected chi connectivity index (χ1v) is 6.81. The fourth-order valence-corrected chi connectivity index (χ4v) is 2.55. The molecule has 0 nitrogen and oxygen atoms in total. The van der Waals surface area contributed by atoms with Gasteiger partial charge < -0.3 is 0 Å². The molecule has 0 fully saturated rings. The molecule has 0 saturated heterocycles. The van der Waals surface area contributed by atoms with Gasteiger partial charge in [-0.1, -0.05) is 54.4 Å². The predicted octanol–water partition coefficient (Wildman–Crippen LogP) is 4.89. The van der Waals surface area contributed by atoms with Gasteiger partial charge in [0, 0.05) is 10.4 Å². The van der Waals surface area contributed by atoms with E-state index in [-0.39, 0.29) is 0 Å². The normalized spacial score (nSPS) is 14.9. The fraction of sp³-hybridized carbons (Fsp3) is 0.538. The van der Waals surface area contributed by atoms with Gasteiger partial charge in [-0.25, -0.2) is 0 Å². The molecule has 0 aliphatic rings. The van der Waals surface area contributed by atoms with E-state index in [4.69, 9.17) is 11.6 Å². The first-order valence-electron chi connectivity index (χ1n) is 5.48. The summed E-state index contributed by atoms with van der Waals surface area (Å²) in [7, 11) is 0. The Morgan fingerprint density at radius 1 is 1.33 bits per heavy atom. The van der Waals surface area contributed by atoms with Crippen LogP contribution in [-0.2, 0) is 6.42 Å². The van der Waals surface area contributed by atoms with Crippen LogP contribution in [0.3, 0.4) is 0 Å². The Bertz CT molecular complexity index is 298. The van der Waals surface area contributed by atoms with Gasteiger partial charge in [-0.05, 0) is 29.9 Å². The monoisotopic (exact) mass is 288 g/mol. The van der Waals surface area contributed by atoms with E-state index in [2.05, 4.69) is 48.0 Å². The molecule has 0 aliphatic carbocycles. The Kier molecular flexibility index (Phi) is 5.70. The quantitative estimate of drug-likeness (QED) is 0.677. The highest BCUT2D eigenvalue weighted by atomic mass is 79.9. The lowest BCUT2D eigenvalue weighted by molar-refractivity contribution is 0.379. The summed E-state index contributed by atoms with van der Waals surface area (Å²) in [6.07, 6.45) is 2.27. The van der Waals surface area contributed by atoms with Crippen LogP contribution in [0.1, 0.15) is 25.8 Å². The van der Waals surface area contributed by atoms with E-state index in [9.17, 15) is 0 Å². The van der Waals surface area contributed by atoms with Crippen LogP contribution in [0.15, 0.2) is 28.7 Å². The van der Waals surface area contributed by atoms with Gasteiger partial charge in [0.05, 0.1) is 0 Å². The zero-order valence-corrected chi connectivity index (χ0v) is 11.7. The third-order valence-electron chi connectivity index (χ3n) is 3.09. The molecule has 15 heavy (non-hydrogen) atoms. The summed E-state index contributed by atoms with van der Waals surface area (Å²) >= 11 is 9.61. The number of benzene rings is 1.